The molecular formula is C16H22F3N. The first-order valence-corrected chi connectivity index (χ1v) is 7.25. The quantitative estimate of drug-likeness (QED) is 0.871. The maximum Gasteiger partial charge on any atom is 0.416 e. The molecule has 1 aromatic carbocycles. The summed E-state index contributed by atoms with van der Waals surface area (Å²) in [6, 6.07) is 5.68. The Morgan fingerprint density at radius 3 is 2.65 bits per heavy atom. The Balaban J connectivity index is 2.17. The Hall–Kier alpha value is -1.03. The largest absolute Gasteiger partial charge is 0.416 e. The van der Waals surface area contributed by atoms with E-state index in [1.54, 1.807) is 6.07 Å². The second kappa shape index (κ2) is 5.76. The van der Waals surface area contributed by atoms with Gasteiger partial charge in [0, 0.05) is 0 Å². The molecule has 0 aromatic heterocycles. The number of hydrogen-bond acceptors (Lipinski definition) is 1. The van der Waals surface area contributed by atoms with Gasteiger partial charge in [-0.15, -0.1) is 0 Å². The average Bonchev–Trinajstić information content (AvgIpc) is 2.82. The average molecular weight is 285 g/mol. The molecule has 0 spiro atoms. The van der Waals surface area contributed by atoms with E-state index in [4.69, 9.17) is 5.73 Å². The number of benzene rings is 1. The van der Waals surface area contributed by atoms with E-state index >= 15 is 0 Å². The van der Waals surface area contributed by atoms with Gasteiger partial charge < -0.3 is 5.73 Å². The van der Waals surface area contributed by atoms with Crippen molar-refractivity contribution in [1.82, 2.24) is 0 Å². The second-order valence-electron chi connectivity index (χ2n) is 6.10. The predicted octanol–water partition coefficient (Wildman–Crippen LogP) is 4.40. The summed E-state index contributed by atoms with van der Waals surface area (Å²) in [5, 5.41) is 0. The third-order valence-electron chi connectivity index (χ3n) is 4.65. The van der Waals surface area contributed by atoms with Crippen LogP contribution in [0.15, 0.2) is 24.3 Å². The second-order valence-corrected chi connectivity index (χ2v) is 6.10. The highest BCUT2D eigenvalue weighted by Gasteiger charge is 2.38. The van der Waals surface area contributed by atoms with Gasteiger partial charge in [-0.05, 0) is 55.2 Å². The minimum Gasteiger partial charge on any atom is -0.330 e. The molecule has 1 nitrogen and oxygen atoms in total. The van der Waals surface area contributed by atoms with Gasteiger partial charge in [-0.2, -0.15) is 13.2 Å². The maximum atomic E-state index is 12.8. The van der Waals surface area contributed by atoms with Crippen LogP contribution in [0.3, 0.4) is 0 Å². The van der Waals surface area contributed by atoms with Gasteiger partial charge in [-0.25, -0.2) is 0 Å². The zero-order chi connectivity index (χ0) is 14.8. The standard InChI is InChI=1S/C16H22F3N/c1-2-12-6-7-15(9-12,11-20)10-13-4-3-5-14(8-13)16(17,18)19/h3-5,8,12H,2,6-7,9-11,20H2,1H3. The Labute approximate surface area is 118 Å². The van der Waals surface area contributed by atoms with Crippen molar-refractivity contribution in [3.05, 3.63) is 35.4 Å². The van der Waals surface area contributed by atoms with Crippen LogP contribution in [0.1, 0.15) is 43.7 Å². The monoisotopic (exact) mass is 285 g/mol. The normalized spacial score (nSPS) is 26.9. The molecule has 112 valence electrons. The molecule has 2 N–H and O–H groups in total. The molecule has 0 radical (unpaired) electrons. The molecule has 0 amide bonds. The molecule has 1 aliphatic carbocycles. The lowest BCUT2D eigenvalue weighted by molar-refractivity contribution is -0.137. The number of rotatable bonds is 4. The molecule has 2 atom stereocenters. The molecule has 2 unspecified atom stereocenters. The molecule has 4 heteroatoms. The Morgan fingerprint density at radius 2 is 2.10 bits per heavy atom. The SMILES string of the molecule is CCC1CCC(CN)(Cc2cccc(C(F)(F)F)c2)C1. The van der Waals surface area contributed by atoms with Gasteiger partial charge in [0.1, 0.15) is 0 Å². The Kier molecular flexibility index (Phi) is 4.43. The lowest BCUT2D eigenvalue weighted by Crippen LogP contribution is -2.30. The van der Waals surface area contributed by atoms with Crippen LogP contribution < -0.4 is 5.73 Å². The van der Waals surface area contributed by atoms with E-state index in [1.807, 2.05) is 0 Å². The van der Waals surface area contributed by atoms with E-state index in [0.29, 0.717) is 18.9 Å². The van der Waals surface area contributed by atoms with Gasteiger partial charge in [-0.3, -0.25) is 0 Å². The summed E-state index contributed by atoms with van der Waals surface area (Å²) in [5.74, 6) is 0.671. The van der Waals surface area contributed by atoms with Crippen LogP contribution in [0.25, 0.3) is 0 Å². The van der Waals surface area contributed by atoms with Gasteiger partial charge in [0.2, 0.25) is 0 Å². The molecule has 1 fully saturated rings. The van der Waals surface area contributed by atoms with Crippen LogP contribution in [0.4, 0.5) is 13.2 Å². The van der Waals surface area contributed by atoms with Crippen molar-refractivity contribution >= 4 is 0 Å². The van der Waals surface area contributed by atoms with Gasteiger partial charge in [0.25, 0.3) is 0 Å². The molecule has 1 aromatic rings. The fourth-order valence-corrected chi connectivity index (χ4v) is 3.38. The molecular weight excluding hydrogens is 263 g/mol. The molecule has 1 saturated carbocycles. The Morgan fingerprint density at radius 1 is 1.35 bits per heavy atom. The molecule has 20 heavy (non-hydrogen) atoms. The van der Waals surface area contributed by atoms with E-state index in [0.717, 1.165) is 37.3 Å². The van der Waals surface area contributed by atoms with Crippen molar-refractivity contribution in [2.24, 2.45) is 17.1 Å². The van der Waals surface area contributed by atoms with E-state index in [9.17, 15) is 13.2 Å². The summed E-state index contributed by atoms with van der Waals surface area (Å²) >= 11 is 0. The predicted molar refractivity (Wildman–Crippen MR) is 74.3 cm³/mol. The lowest BCUT2D eigenvalue weighted by atomic mass is 9.79. The summed E-state index contributed by atoms with van der Waals surface area (Å²) in [6.07, 6.45) is 0.725. The summed E-state index contributed by atoms with van der Waals surface area (Å²) in [7, 11) is 0. The summed E-state index contributed by atoms with van der Waals surface area (Å²) < 4.78 is 38.3. The van der Waals surface area contributed by atoms with Crippen LogP contribution in [-0.4, -0.2) is 6.54 Å². The number of halogens is 3. The highest BCUT2D eigenvalue weighted by molar-refractivity contribution is 5.27. The first kappa shape index (κ1) is 15.4. The molecule has 2 rings (SSSR count). The van der Waals surface area contributed by atoms with Gasteiger partial charge in [0.05, 0.1) is 5.56 Å². The van der Waals surface area contributed by atoms with E-state index in [2.05, 4.69) is 6.92 Å². The molecule has 0 heterocycles. The maximum absolute atomic E-state index is 12.8. The fourth-order valence-electron chi connectivity index (χ4n) is 3.38. The van der Waals surface area contributed by atoms with Gasteiger partial charge >= 0.3 is 6.18 Å². The van der Waals surface area contributed by atoms with Crippen molar-refractivity contribution in [3.63, 3.8) is 0 Å². The summed E-state index contributed by atoms with van der Waals surface area (Å²) in [4.78, 5) is 0. The van der Waals surface area contributed by atoms with Crippen LogP contribution in [0.5, 0.6) is 0 Å². The van der Waals surface area contributed by atoms with Crippen molar-refractivity contribution in [2.75, 3.05) is 6.54 Å². The fraction of sp³-hybridized carbons (Fsp3) is 0.625. The van der Waals surface area contributed by atoms with Crippen molar-refractivity contribution in [1.29, 1.82) is 0 Å². The molecule has 0 bridgehead atoms. The zero-order valence-electron chi connectivity index (χ0n) is 11.8. The van der Waals surface area contributed by atoms with Crippen LogP contribution in [0.2, 0.25) is 0 Å². The third kappa shape index (κ3) is 3.35. The smallest absolute Gasteiger partial charge is 0.330 e. The van der Waals surface area contributed by atoms with E-state index in [-0.39, 0.29) is 5.41 Å². The zero-order valence-corrected chi connectivity index (χ0v) is 11.8. The highest BCUT2D eigenvalue weighted by atomic mass is 19.4. The molecule has 0 aliphatic heterocycles. The topological polar surface area (TPSA) is 26.0 Å². The highest BCUT2D eigenvalue weighted by Crippen LogP contribution is 2.45. The molecule has 0 saturated heterocycles. The minimum atomic E-state index is -4.27. The lowest BCUT2D eigenvalue weighted by Gasteiger charge is -2.28. The van der Waals surface area contributed by atoms with E-state index in [1.165, 1.54) is 12.1 Å². The number of nitrogens with two attached hydrogens (primary N) is 1. The summed E-state index contributed by atoms with van der Waals surface area (Å²) in [5.41, 5.74) is 6.12. The van der Waals surface area contributed by atoms with Crippen LogP contribution in [-0.2, 0) is 12.6 Å². The van der Waals surface area contributed by atoms with Gasteiger partial charge in [0.15, 0.2) is 0 Å². The Bertz CT molecular complexity index is 455. The van der Waals surface area contributed by atoms with Crippen molar-refractivity contribution in [2.45, 2.75) is 45.2 Å². The number of alkyl halides is 3. The minimum absolute atomic E-state index is 0.00903. The third-order valence-corrected chi connectivity index (χ3v) is 4.65. The first-order chi connectivity index (χ1) is 9.38. The van der Waals surface area contributed by atoms with Crippen LogP contribution in [0, 0.1) is 11.3 Å². The van der Waals surface area contributed by atoms with Crippen LogP contribution >= 0.6 is 0 Å². The van der Waals surface area contributed by atoms with Crippen molar-refractivity contribution in [3.8, 4) is 0 Å². The first-order valence-electron chi connectivity index (χ1n) is 7.25. The van der Waals surface area contributed by atoms with Crippen molar-refractivity contribution < 1.29 is 13.2 Å². The number of hydrogen-bond donors (Lipinski definition) is 1. The van der Waals surface area contributed by atoms with E-state index < -0.39 is 11.7 Å². The van der Waals surface area contributed by atoms with Gasteiger partial charge in [-0.1, -0.05) is 31.5 Å². The summed E-state index contributed by atoms with van der Waals surface area (Å²) in [6.45, 7) is 2.72. The molecule has 1 aliphatic rings.